The van der Waals surface area contributed by atoms with Crippen molar-refractivity contribution in [3.05, 3.63) is 102 Å². The third-order valence-corrected chi connectivity index (χ3v) is 14.0. The number of benzene rings is 3. The van der Waals surface area contributed by atoms with Crippen molar-refractivity contribution in [3.8, 4) is 17.2 Å². The number of rotatable bonds is 21. The number of thiol groups is 1. The first-order chi connectivity index (χ1) is 26.3. The van der Waals surface area contributed by atoms with Gasteiger partial charge in [-0.25, -0.2) is 19.3 Å². The van der Waals surface area contributed by atoms with E-state index in [9.17, 15) is 18.8 Å². The molecule has 0 amide bonds. The van der Waals surface area contributed by atoms with Crippen LogP contribution in [0.25, 0.3) is 0 Å². The van der Waals surface area contributed by atoms with E-state index in [2.05, 4.69) is 34.0 Å². The second-order valence-corrected chi connectivity index (χ2v) is 18.9. The lowest BCUT2D eigenvalue weighted by atomic mass is 9.94. The number of aliphatic hydroxyl groups excluding tert-OH is 1. The van der Waals surface area contributed by atoms with Crippen LogP contribution < -0.4 is 19.2 Å². The molecule has 0 saturated carbocycles. The lowest BCUT2D eigenvalue weighted by Crippen LogP contribution is -2.34. The number of ether oxygens (including phenoxy) is 1. The quantitative estimate of drug-likeness (QED) is 0.0308. The van der Waals surface area contributed by atoms with Crippen LogP contribution >= 0.6 is 43.7 Å². The van der Waals surface area contributed by atoms with Crippen molar-refractivity contribution in [3.63, 3.8) is 0 Å². The highest BCUT2D eigenvalue weighted by atomic mass is 32.7. The number of hydrogen-bond donors (Lipinski definition) is 3. The maximum absolute atomic E-state index is 12.9. The molecule has 1 aliphatic rings. The Morgan fingerprint density at radius 2 is 1.40 bits per heavy atom. The Labute approximate surface area is 329 Å². The third kappa shape index (κ3) is 13.7. The minimum atomic E-state index is -3.74. The van der Waals surface area contributed by atoms with Gasteiger partial charge in [0.05, 0.1) is 39.7 Å². The predicted octanol–water partition coefficient (Wildman–Crippen LogP) is 8.12. The fourth-order valence-electron chi connectivity index (χ4n) is 4.76. The molecule has 0 radical (unpaired) electrons. The largest absolute Gasteiger partial charge is 0.714 e. The third-order valence-electron chi connectivity index (χ3n) is 8.06. The first-order valence-electron chi connectivity index (χ1n) is 16.7. The summed E-state index contributed by atoms with van der Waals surface area (Å²) < 4.78 is 74.3. The minimum Gasteiger partial charge on any atom is -0.497 e. The van der Waals surface area contributed by atoms with E-state index in [0.29, 0.717) is 17.9 Å². The molecule has 3 aromatic rings. The number of nitrogens with zero attached hydrogens (tertiary/aromatic N) is 5. The summed E-state index contributed by atoms with van der Waals surface area (Å²) in [6, 6.07) is 20.2. The van der Waals surface area contributed by atoms with Crippen molar-refractivity contribution in [2.45, 2.75) is 24.8 Å². The molecule has 6 unspecified atom stereocenters. The smallest absolute Gasteiger partial charge is 0.497 e. The van der Waals surface area contributed by atoms with Gasteiger partial charge in [0.25, 0.3) is 0 Å². The minimum absolute atomic E-state index is 0.0755. The molecule has 0 heterocycles. The Morgan fingerprint density at radius 1 is 0.855 bits per heavy atom. The van der Waals surface area contributed by atoms with E-state index in [1.807, 2.05) is 37.4 Å². The highest BCUT2D eigenvalue weighted by molar-refractivity contribution is 8.42. The van der Waals surface area contributed by atoms with Gasteiger partial charge in [-0.05, 0) is 101 Å². The van der Waals surface area contributed by atoms with Crippen molar-refractivity contribution in [2.75, 3.05) is 49.0 Å². The molecular weight excluding hydrogens is 808 g/mol. The van der Waals surface area contributed by atoms with Gasteiger partial charge in [-0.15, -0.1) is 5.10 Å². The summed E-state index contributed by atoms with van der Waals surface area (Å²) in [5.41, 5.74) is 5.06. The molecule has 16 nitrogen and oxygen atoms in total. The van der Waals surface area contributed by atoms with Crippen molar-refractivity contribution in [2.24, 2.45) is 16.1 Å². The predicted molar refractivity (Wildman–Crippen MR) is 218 cm³/mol. The second-order valence-electron chi connectivity index (χ2n) is 11.8. The van der Waals surface area contributed by atoms with Crippen LogP contribution in [0.4, 0.5) is 0 Å². The summed E-state index contributed by atoms with van der Waals surface area (Å²) in [6.07, 6.45) is 8.99. The normalized spacial score (nSPS) is 17.6. The van der Waals surface area contributed by atoms with Crippen LogP contribution in [0.5, 0.6) is 17.2 Å². The van der Waals surface area contributed by atoms with Crippen molar-refractivity contribution < 1.29 is 46.2 Å². The molecule has 1 aliphatic carbocycles. The van der Waals surface area contributed by atoms with Crippen LogP contribution in [0.1, 0.15) is 35.4 Å². The van der Waals surface area contributed by atoms with E-state index < -0.39 is 37.3 Å². The summed E-state index contributed by atoms with van der Waals surface area (Å²) in [6.45, 7) is 0.571. The maximum Gasteiger partial charge on any atom is 0.714 e. The molecule has 3 aromatic carbocycles. The van der Waals surface area contributed by atoms with Gasteiger partial charge in [0.15, 0.2) is 17.3 Å². The van der Waals surface area contributed by atoms with Crippen LogP contribution in [-0.4, -0.2) is 87.0 Å². The molecule has 0 spiro atoms. The molecule has 55 heavy (non-hydrogen) atoms. The topological polar surface area (TPSA) is 173 Å². The monoisotopic (exact) mass is 854 g/mol. The maximum atomic E-state index is 12.9. The van der Waals surface area contributed by atoms with Crippen LogP contribution in [0, 0.1) is 5.92 Å². The lowest BCUT2D eigenvalue weighted by Gasteiger charge is -2.27. The summed E-state index contributed by atoms with van der Waals surface area (Å²) in [4.78, 5) is 0. The Balaban J connectivity index is 1.16. The van der Waals surface area contributed by atoms with Gasteiger partial charge >= 0.3 is 24.0 Å². The van der Waals surface area contributed by atoms with E-state index in [0.717, 1.165) is 28.9 Å². The summed E-state index contributed by atoms with van der Waals surface area (Å²) in [5, 5.41) is 19.0. The number of hydrazone groups is 2. The van der Waals surface area contributed by atoms with Crippen molar-refractivity contribution >= 4 is 56.1 Å². The Hall–Kier alpha value is -3.29. The Bertz CT molecular complexity index is 1840. The molecule has 2 N–H and O–H groups in total. The molecule has 0 aromatic heterocycles. The number of hydrazine groups is 1. The number of aliphatic hydroxyl groups is 1. The highest BCUT2D eigenvalue weighted by Gasteiger charge is 2.34. The van der Waals surface area contributed by atoms with E-state index in [1.165, 1.54) is 56.5 Å². The summed E-state index contributed by atoms with van der Waals surface area (Å²) >= 11 is 4.63. The van der Waals surface area contributed by atoms with E-state index in [-0.39, 0.29) is 23.3 Å². The zero-order chi connectivity index (χ0) is 40.0. The molecule has 0 bridgehead atoms. The molecule has 0 saturated heterocycles. The average Bonchev–Trinajstić information content (AvgIpc) is 3.21. The zero-order valence-electron chi connectivity index (χ0n) is 31.2. The number of methoxy groups -OCH3 is 1. The SMILES string of the molecule is COc1ccc(/C=N\N(C)P(S)OC2C=CC(CNN(C)[P+](=O)Oc3ccc(/C=N\N(C)[P+](=O)Oc4ccc(C(O)P(=O)(OC)OC)cc4)cc3)CC2)cc1. The average molecular weight is 855 g/mol. The van der Waals surface area contributed by atoms with Gasteiger partial charge < -0.3 is 23.4 Å². The van der Waals surface area contributed by atoms with Crippen LogP contribution in [0.3, 0.4) is 0 Å². The molecular formula is C34H46N6O10P4S+2. The first-order valence-corrected chi connectivity index (χ1v) is 23.0. The number of hydrogen-bond acceptors (Lipinski definition) is 15. The Morgan fingerprint density at radius 3 is 1.95 bits per heavy atom. The fraction of sp³-hybridized carbons (Fsp3) is 0.353. The van der Waals surface area contributed by atoms with Gasteiger partial charge in [-0.1, -0.05) is 36.5 Å². The first kappa shape index (κ1) is 44.4. The Kier molecular flexibility index (Phi) is 17.7. The zero-order valence-corrected chi connectivity index (χ0v) is 35.7. The molecule has 0 aliphatic heterocycles. The highest BCUT2D eigenvalue weighted by Crippen LogP contribution is 2.58. The standard InChI is InChI=1S/C34H46N6O10P4S/c1-38(36-24-28-11-19-33(20-12-28)50-53(55)40(3)37-25-26-7-15-30(45-4)16-8-26)51(42)48-31-17-9-27(10-18-31)23-35-39(2)52(43)49-32-21-13-29(14-22-32)34(41)54(44,46-5)47-6/h7-11,13-19,21-23,25,28,33-34,36,41,55H,12,20,24H2,1-6H3/q+2/b35-23-,37-25-. The molecule has 6 atom stereocenters. The van der Waals surface area contributed by atoms with Gasteiger partial charge in [0.1, 0.15) is 5.75 Å². The van der Waals surface area contributed by atoms with Crippen molar-refractivity contribution in [1.29, 1.82) is 0 Å². The number of nitrogens with one attached hydrogen (secondary N) is 1. The second kappa shape index (κ2) is 21.9. The van der Waals surface area contributed by atoms with Crippen LogP contribution in [-0.2, 0) is 27.3 Å². The van der Waals surface area contributed by atoms with Crippen LogP contribution in [0.15, 0.2) is 95.2 Å². The molecule has 296 valence electrons. The summed E-state index contributed by atoms with van der Waals surface area (Å²) in [7, 11) is -0.617. The van der Waals surface area contributed by atoms with Gasteiger partial charge in [0, 0.05) is 41.7 Å². The van der Waals surface area contributed by atoms with Gasteiger partial charge in [-0.3, -0.25) is 4.57 Å². The molecule has 4 rings (SSSR count). The summed E-state index contributed by atoms with van der Waals surface area (Å²) in [5.74, 6) is 0.154. The van der Waals surface area contributed by atoms with E-state index >= 15 is 0 Å². The van der Waals surface area contributed by atoms with E-state index in [4.69, 9.17) is 27.4 Å². The van der Waals surface area contributed by atoms with Gasteiger partial charge in [0.2, 0.25) is 7.50 Å². The molecule has 21 heteroatoms. The van der Waals surface area contributed by atoms with Gasteiger partial charge in [-0.2, -0.15) is 5.10 Å². The molecule has 0 fully saturated rings. The lowest BCUT2D eigenvalue weighted by molar-refractivity contribution is 0.176. The van der Waals surface area contributed by atoms with Crippen LogP contribution in [0.2, 0.25) is 0 Å². The fourth-order valence-corrected chi connectivity index (χ4v) is 8.22. The van der Waals surface area contributed by atoms with Crippen molar-refractivity contribution in [1.82, 2.24) is 19.8 Å². The van der Waals surface area contributed by atoms with E-state index in [1.54, 1.807) is 49.4 Å².